The van der Waals surface area contributed by atoms with Gasteiger partial charge in [-0.25, -0.2) is 0 Å². The van der Waals surface area contributed by atoms with Crippen molar-refractivity contribution >= 4 is 75.4 Å². The lowest BCUT2D eigenvalue weighted by atomic mass is 9.89. The van der Waals surface area contributed by atoms with Gasteiger partial charge in [-0.3, -0.25) is 0 Å². The Hall–Kier alpha value is -6.76. The number of rotatable bonds is 3. The first-order valence-electron chi connectivity index (χ1n) is 18.1. The summed E-state index contributed by atoms with van der Waals surface area (Å²) in [7, 11) is 0. The van der Waals surface area contributed by atoms with Crippen LogP contribution in [0.3, 0.4) is 0 Å². The fraction of sp³-hybridized carbons (Fsp3) is 0. The second-order valence-electron chi connectivity index (χ2n) is 14.1. The lowest BCUT2D eigenvalue weighted by Crippen LogP contribution is -1.88. The van der Waals surface area contributed by atoms with Gasteiger partial charge in [-0.2, -0.15) is 0 Å². The molecule has 0 N–H and O–H groups in total. The molecule has 0 aliphatic heterocycles. The van der Waals surface area contributed by atoms with E-state index in [9.17, 15) is 0 Å². The van der Waals surface area contributed by atoms with Crippen LogP contribution in [0.1, 0.15) is 0 Å². The Labute approximate surface area is 301 Å². The fourth-order valence-electron chi connectivity index (χ4n) is 8.69. The van der Waals surface area contributed by atoms with Crippen LogP contribution in [0.4, 0.5) is 0 Å². The van der Waals surface area contributed by atoms with Crippen molar-refractivity contribution in [2.45, 2.75) is 0 Å². The number of benzene rings is 11. The third-order valence-electron chi connectivity index (χ3n) is 11.2. The van der Waals surface area contributed by atoms with Crippen molar-refractivity contribution in [3.8, 4) is 33.4 Å². The third kappa shape index (κ3) is 4.48. The monoisotopic (exact) mass is 656 g/mol. The van der Waals surface area contributed by atoms with Gasteiger partial charge in [0.2, 0.25) is 0 Å². The summed E-state index contributed by atoms with van der Waals surface area (Å²) < 4.78 is 0. The lowest BCUT2D eigenvalue weighted by Gasteiger charge is -2.15. The quantitative estimate of drug-likeness (QED) is 0.166. The van der Waals surface area contributed by atoms with Crippen LogP contribution in [0, 0.1) is 0 Å². The van der Waals surface area contributed by atoms with Crippen LogP contribution in [0.2, 0.25) is 0 Å². The van der Waals surface area contributed by atoms with E-state index in [1.54, 1.807) is 0 Å². The lowest BCUT2D eigenvalue weighted by molar-refractivity contribution is 1.62. The Morgan fingerprint density at radius 3 is 1.42 bits per heavy atom. The van der Waals surface area contributed by atoms with Crippen LogP contribution < -0.4 is 0 Å². The molecule has 52 heavy (non-hydrogen) atoms. The predicted molar refractivity (Wildman–Crippen MR) is 225 cm³/mol. The van der Waals surface area contributed by atoms with Crippen LogP contribution in [0.25, 0.3) is 109 Å². The van der Waals surface area contributed by atoms with Crippen LogP contribution >= 0.6 is 0 Å². The normalized spacial score (nSPS) is 11.8. The Morgan fingerprint density at radius 1 is 0.192 bits per heavy atom. The molecule has 0 aliphatic rings. The molecule has 0 aromatic heterocycles. The molecule has 0 fully saturated rings. The molecule has 0 amide bonds. The summed E-state index contributed by atoms with van der Waals surface area (Å²) in [6, 6.07) is 71.9. The standard InChI is InChI=1S/C52H32/c1-4-15-43-33(10-1)20-25-42-32-49(46-18-7-8-19-47(46)51(42)43)41-24-23-37-28-36(21-22-38(37)30-41)35-13-9-14-39(29-35)50-31-40-12-3-6-17-45(40)52-44-16-5-2-11-34(44)26-27-48(50)52/h1-32H. The average molecular weight is 657 g/mol. The topological polar surface area (TPSA) is 0 Å². The highest BCUT2D eigenvalue weighted by Gasteiger charge is 2.14. The van der Waals surface area contributed by atoms with Gasteiger partial charge >= 0.3 is 0 Å². The van der Waals surface area contributed by atoms with Gasteiger partial charge < -0.3 is 0 Å². The zero-order valence-corrected chi connectivity index (χ0v) is 28.5. The van der Waals surface area contributed by atoms with Crippen LogP contribution in [-0.4, -0.2) is 0 Å². The minimum Gasteiger partial charge on any atom is -0.0616 e. The smallest absolute Gasteiger partial charge is 0.00206 e. The highest BCUT2D eigenvalue weighted by atomic mass is 14.2. The molecule has 0 saturated heterocycles. The van der Waals surface area contributed by atoms with E-state index in [-0.39, 0.29) is 0 Å². The second-order valence-corrected chi connectivity index (χ2v) is 14.1. The Balaban J connectivity index is 1.02. The molecule has 11 rings (SSSR count). The van der Waals surface area contributed by atoms with Crippen LogP contribution in [0.5, 0.6) is 0 Å². The molecule has 0 nitrogen and oxygen atoms in total. The van der Waals surface area contributed by atoms with Crippen molar-refractivity contribution in [1.29, 1.82) is 0 Å². The van der Waals surface area contributed by atoms with Crippen LogP contribution in [-0.2, 0) is 0 Å². The number of fused-ring (bicyclic) bond motifs is 11. The van der Waals surface area contributed by atoms with Gasteiger partial charge in [-0.15, -0.1) is 0 Å². The van der Waals surface area contributed by atoms with Crippen LogP contribution in [0.15, 0.2) is 194 Å². The molecular weight excluding hydrogens is 625 g/mol. The van der Waals surface area contributed by atoms with Crippen molar-refractivity contribution in [2.24, 2.45) is 0 Å². The largest absolute Gasteiger partial charge is 0.0616 e. The molecule has 11 aromatic rings. The van der Waals surface area contributed by atoms with Gasteiger partial charge in [-0.05, 0) is 139 Å². The first kappa shape index (κ1) is 29.0. The molecule has 0 saturated carbocycles. The summed E-state index contributed by atoms with van der Waals surface area (Å²) in [6.45, 7) is 0. The predicted octanol–water partition coefficient (Wildman–Crippen LogP) is 14.8. The maximum atomic E-state index is 2.38. The van der Waals surface area contributed by atoms with E-state index in [1.165, 1.54) is 109 Å². The highest BCUT2D eigenvalue weighted by Crippen LogP contribution is 2.41. The molecule has 11 aromatic carbocycles. The molecule has 0 unspecified atom stereocenters. The van der Waals surface area contributed by atoms with Crippen molar-refractivity contribution in [3.63, 3.8) is 0 Å². The van der Waals surface area contributed by atoms with Gasteiger partial charge in [0.25, 0.3) is 0 Å². The van der Waals surface area contributed by atoms with E-state index < -0.39 is 0 Å². The minimum atomic E-state index is 1.22. The zero-order chi connectivity index (χ0) is 34.2. The summed E-state index contributed by atoms with van der Waals surface area (Å²) in [5.74, 6) is 0. The number of hydrogen-bond acceptors (Lipinski definition) is 0. The van der Waals surface area contributed by atoms with E-state index in [0.29, 0.717) is 0 Å². The Bertz CT molecular complexity index is 3220. The number of hydrogen-bond donors (Lipinski definition) is 0. The summed E-state index contributed by atoms with van der Waals surface area (Å²) in [4.78, 5) is 0. The van der Waals surface area contributed by atoms with Gasteiger partial charge in [-0.1, -0.05) is 164 Å². The SMILES string of the molecule is c1cc(-c2ccc3cc(-c4cc5ccc6ccccc6c5c5ccccc45)ccc3c2)cc(-c2cc3ccccc3c3c2ccc2ccccc23)c1. The Morgan fingerprint density at radius 2 is 0.654 bits per heavy atom. The fourth-order valence-corrected chi connectivity index (χ4v) is 8.69. The summed E-state index contributed by atoms with van der Waals surface area (Å²) in [6.07, 6.45) is 0. The Kier molecular flexibility index (Phi) is 6.35. The molecule has 0 aliphatic carbocycles. The van der Waals surface area contributed by atoms with Crippen molar-refractivity contribution < 1.29 is 0 Å². The summed E-state index contributed by atoms with van der Waals surface area (Å²) >= 11 is 0. The molecule has 0 radical (unpaired) electrons. The molecule has 0 bridgehead atoms. The van der Waals surface area contributed by atoms with E-state index in [2.05, 4.69) is 194 Å². The van der Waals surface area contributed by atoms with Gasteiger partial charge in [0.15, 0.2) is 0 Å². The van der Waals surface area contributed by atoms with Crippen molar-refractivity contribution in [2.75, 3.05) is 0 Å². The van der Waals surface area contributed by atoms with Crippen molar-refractivity contribution in [1.82, 2.24) is 0 Å². The summed E-state index contributed by atoms with van der Waals surface area (Å²) in [5, 5.41) is 18.0. The van der Waals surface area contributed by atoms with E-state index in [4.69, 9.17) is 0 Å². The van der Waals surface area contributed by atoms with Gasteiger partial charge in [0, 0.05) is 0 Å². The molecular formula is C52H32. The average Bonchev–Trinajstić information content (AvgIpc) is 3.22. The third-order valence-corrected chi connectivity index (χ3v) is 11.2. The van der Waals surface area contributed by atoms with E-state index in [0.717, 1.165) is 0 Å². The van der Waals surface area contributed by atoms with Gasteiger partial charge in [0.05, 0.1) is 0 Å². The highest BCUT2D eigenvalue weighted by molar-refractivity contribution is 6.25. The molecule has 0 heterocycles. The van der Waals surface area contributed by atoms with E-state index >= 15 is 0 Å². The summed E-state index contributed by atoms with van der Waals surface area (Å²) in [5.41, 5.74) is 7.45. The molecule has 240 valence electrons. The molecule has 0 spiro atoms. The van der Waals surface area contributed by atoms with Gasteiger partial charge in [0.1, 0.15) is 0 Å². The zero-order valence-electron chi connectivity index (χ0n) is 28.5. The maximum absolute atomic E-state index is 2.38. The first-order chi connectivity index (χ1) is 25.8. The van der Waals surface area contributed by atoms with Crippen molar-refractivity contribution in [3.05, 3.63) is 194 Å². The second kappa shape index (κ2) is 11.4. The molecule has 0 heteroatoms. The maximum Gasteiger partial charge on any atom is -0.00206 e. The molecule has 0 atom stereocenters. The van der Waals surface area contributed by atoms with E-state index in [1.807, 2.05) is 0 Å². The first-order valence-corrected chi connectivity index (χ1v) is 18.1. The minimum absolute atomic E-state index is 1.22.